The molecule has 1 heterocycles. The van der Waals surface area contributed by atoms with Crippen molar-refractivity contribution in [1.82, 2.24) is 10.3 Å². The number of aromatic nitrogens is 1. The van der Waals surface area contributed by atoms with Gasteiger partial charge in [0.2, 0.25) is 0 Å². The predicted octanol–water partition coefficient (Wildman–Crippen LogP) is 1.65. The van der Waals surface area contributed by atoms with E-state index >= 15 is 0 Å². The Balaban J connectivity index is 2.47. The van der Waals surface area contributed by atoms with E-state index in [1.807, 2.05) is 31.3 Å². The number of nitrogens with one attached hydrogen (secondary N) is 1. The molecule has 0 spiro atoms. The zero-order chi connectivity index (χ0) is 10.4. The quantitative estimate of drug-likeness (QED) is 0.721. The van der Waals surface area contributed by atoms with Crippen molar-refractivity contribution in [3.63, 3.8) is 0 Å². The highest BCUT2D eigenvalue weighted by Crippen LogP contribution is 2.07. The first-order valence-electron chi connectivity index (χ1n) is 5.07. The maximum Gasteiger partial charge on any atom is 0.127 e. The standard InChI is InChI=1S/C11H19N3/c1-4-7-12-8-10-5-6-11(13-9-10)14(2)3/h5-6,9,12H,4,7-8H2,1-3H3. The highest BCUT2D eigenvalue weighted by atomic mass is 15.1. The van der Waals surface area contributed by atoms with Crippen molar-refractivity contribution in [3.05, 3.63) is 23.9 Å². The number of rotatable bonds is 5. The average Bonchev–Trinajstić information content (AvgIpc) is 2.19. The van der Waals surface area contributed by atoms with E-state index in [2.05, 4.69) is 23.3 Å². The van der Waals surface area contributed by atoms with E-state index in [0.29, 0.717) is 0 Å². The molecule has 14 heavy (non-hydrogen) atoms. The Labute approximate surface area is 86.2 Å². The maximum atomic E-state index is 4.34. The molecule has 0 atom stereocenters. The fourth-order valence-corrected chi connectivity index (χ4v) is 1.20. The van der Waals surface area contributed by atoms with Gasteiger partial charge in [0.15, 0.2) is 0 Å². The summed E-state index contributed by atoms with van der Waals surface area (Å²) in [6, 6.07) is 4.16. The molecule has 0 aromatic carbocycles. The second kappa shape index (κ2) is 5.60. The van der Waals surface area contributed by atoms with Crippen LogP contribution in [0.2, 0.25) is 0 Å². The van der Waals surface area contributed by atoms with Crippen molar-refractivity contribution in [2.45, 2.75) is 19.9 Å². The molecule has 1 N–H and O–H groups in total. The Morgan fingerprint density at radius 1 is 1.36 bits per heavy atom. The SMILES string of the molecule is CCCNCc1ccc(N(C)C)nc1. The molecule has 78 valence electrons. The van der Waals surface area contributed by atoms with Crippen LogP contribution in [0.3, 0.4) is 0 Å². The molecule has 3 nitrogen and oxygen atoms in total. The van der Waals surface area contributed by atoms with Crippen LogP contribution in [0.5, 0.6) is 0 Å². The number of hydrogen-bond acceptors (Lipinski definition) is 3. The van der Waals surface area contributed by atoms with Gasteiger partial charge >= 0.3 is 0 Å². The lowest BCUT2D eigenvalue weighted by Gasteiger charge is -2.11. The van der Waals surface area contributed by atoms with E-state index in [-0.39, 0.29) is 0 Å². The lowest BCUT2D eigenvalue weighted by molar-refractivity contribution is 0.674. The lowest BCUT2D eigenvalue weighted by atomic mass is 10.2. The zero-order valence-electron chi connectivity index (χ0n) is 9.25. The predicted molar refractivity (Wildman–Crippen MR) is 60.6 cm³/mol. The minimum Gasteiger partial charge on any atom is -0.363 e. The van der Waals surface area contributed by atoms with Crippen LogP contribution in [-0.4, -0.2) is 25.6 Å². The smallest absolute Gasteiger partial charge is 0.127 e. The van der Waals surface area contributed by atoms with Gasteiger partial charge in [0.25, 0.3) is 0 Å². The second-order valence-electron chi connectivity index (χ2n) is 3.60. The van der Waals surface area contributed by atoms with E-state index in [1.165, 1.54) is 12.0 Å². The number of nitrogens with zero attached hydrogens (tertiary/aromatic N) is 2. The van der Waals surface area contributed by atoms with Gasteiger partial charge in [-0.2, -0.15) is 0 Å². The summed E-state index contributed by atoms with van der Waals surface area (Å²) >= 11 is 0. The molecule has 0 aliphatic carbocycles. The Bertz CT molecular complexity index is 254. The molecule has 0 amide bonds. The Hall–Kier alpha value is -1.09. The number of pyridine rings is 1. The van der Waals surface area contributed by atoms with E-state index in [1.54, 1.807) is 0 Å². The average molecular weight is 193 g/mol. The summed E-state index contributed by atoms with van der Waals surface area (Å²) in [5, 5.41) is 3.35. The minimum absolute atomic E-state index is 0.911. The van der Waals surface area contributed by atoms with Crippen molar-refractivity contribution < 1.29 is 0 Å². The van der Waals surface area contributed by atoms with Crippen molar-refractivity contribution in [1.29, 1.82) is 0 Å². The van der Waals surface area contributed by atoms with Gasteiger partial charge in [-0.25, -0.2) is 4.98 Å². The van der Waals surface area contributed by atoms with Gasteiger partial charge in [-0.15, -0.1) is 0 Å². The maximum absolute atomic E-state index is 4.34. The molecular weight excluding hydrogens is 174 g/mol. The first-order chi connectivity index (χ1) is 6.74. The third kappa shape index (κ3) is 3.34. The number of anilines is 1. The van der Waals surface area contributed by atoms with E-state index in [4.69, 9.17) is 0 Å². The summed E-state index contributed by atoms with van der Waals surface area (Å²) in [5.41, 5.74) is 1.24. The molecule has 0 fully saturated rings. The monoisotopic (exact) mass is 193 g/mol. The molecule has 0 radical (unpaired) electrons. The molecule has 0 aliphatic rings. The van der Waals surface area contributed by atoms with Gasteiger partial charge in [-0.05, 0) is 24.6 Å². The molecule has 0 saturated carbocycles. The normalized spacial score (nSPS) is 10.2. The molecule has 0 unspecified atom stereocenters. The second-order valence-corrected chi connectivity index (χ2v) is 3.60. The van der Waals surface area contributed by atoms with Crippen LogP contribution in [-0.2, 0) is 6.54 Å². The Morgan fingerprint density at radius 2 is 2.14 bits per heavy atom. The Kier molecular flexibility index (Phi) is 4.40. The van der Waals surface area contributed by atoms with Crippen LogP contribution in [0.25, 0.3) is 0 Å². The van der Waals surface area contributed by atoms with Crippen LogP contribution in [0.4, 0.5) is 5.82 Å². The highest BCUT2D eigenvalue weighted by Gasteiger charge is 1.96. The van der Waals surface area contributed by atoms with Gasteiger partial charge in [0.05, 0.1) is 0 Å². The molecule has 0 aliphatic heterocycles. The van der Waals surface area contributed by atoms with Crippen molar-refractivity contribution >= 4 is 5.82 Å². The van der Waals surface area contributed by atoms with E-state index in [0.717, 1.165) is 18.9 Å². The highest BCUT2D eigenvalue weighted by molar-refractivity contribution is 5.37. The lowest BCUT2D eigenvalue weighted by Crippen LogP contribution is -2.15. The number of hydrogen-bond donors (Lipinski definition) is 1. The third-order valence-corrected chi connectivity index (χ3v) is 2.02. The summed E-state index contributed by atoms with van der Waals surface area (Å²) in [4.78, 5) is 6.35. The first-order valence-corrected chi connectivity index (χ1v) is 5.07. The van der Waals surface area contributed by atoms with Crippen LogP contribution in [0.15, 0.2) is 18.3 Å². The largest absolute Gasteiger partial charge is 0.363 e. The molecular formula is C11H19N3. The summed E-state index contributed by atoms with van der Waals surface area (Å²) in [5.74, 6) is 1.00. The van der Waals surface area contributed by atoms with Crippen molar-refractivity contribution in [3.8, 4) is 0 Å². The van der Waals surface area contributed by atoms with E-state index in [9.17, 15) is 0 Å². The zero-order valence-corrected chi connectivity index (χ0v) is 9.25. The first kappa shape index (κ1) is 11.0. The molecule has 1 rings (SSSR count). The molecule has 1 aromatic rings. The van der Waals surface area contributed by atoms with Crippen LogP contribution in [0.1, 0.15) is 18.9 Å². The fraction of sp³-hybridized carbons (Fsp3) is 0.545. The van der Waals surface area contributed by atoms with Crippen LogP contribution >= 0.6 is 0 Å². The van der Waals surface area contributed by atoms with Gasteiger partial charge in [-0.3, -0.25) is 0 Å². The van der Waals surface area contributed by atoms with Gasteiger partial charge in [0, 0.05) is 26.8 Å². The van der Waals surface area contributed by atoms with Gasteiger partial charge in [0.1, 0.15) is 5.82 Å². The summed E-state index contributed by atoms with van der Waals surface area (Å²) < 4.78 is 0. The molecule has 0 bridgehead atoms. The van der Waals surface area contributed by atoms with Crippen LogP contribution in [0, 0.1) is 0 Å². The topological polar surface area (TPSA) is 28.2 Å². The minimum atomic E-state index is 0.911. The summed E-state index contributed by atoms with van der Waals surface area (Å²) in [6.07, 6.45) is 3.10. The summed E-state index contributed by atoms with van der Waals surface area (Å²) in [6.45, 7) is 4.14. The summed E-state index contributed by atoms with van der Waals surface area (Å²) in [7, 11) is 3.99. The van der Waals surface area contributed by atoms with Gasteiger partial charge < -0.3 is 10.2 Å². The van der Waals surface area contributed by atoms with Crippen LogP contribution < -0.4 is 10.2 Å². The molecule has 0 saturated heterocycles. The van der Waals surface area contributed by atoms with E-state index < -0.39 is 0 Å². The molecule has 3 heteroatoms. The third-order valence-electron chi connectivity index (χ3n) is 2.02. The van der Waals surface area contributed by atoms with Gasteiger partial charge in [-0.1, -0.05) is 13.0 Å². The fourth-order valence-electron chi connectivity index (χ4n) is 1.20. The molecule has 1 aromatic heterocycles. The van der Waals surface area contributed by atoms with Crippen molar-refractivity contribution in [2.75, 3.05) is 25.5 Å². The van der Waals surface area contributed by atoms with Crippen molar-refractivity contribution in [2.24, 2.45) is 0 Å². The Morgan fingerprint density at radius 3 is 2.64 bits per heavy atom.